The summed E-state index contributed by atoms with van der Waals surface area (Å²) in [4.78, 5) is 12.7. The number of benzene rings is 2. The Balaban J connectivity index is 1.65. The first kappa shape index (κ1) is 21.0. The Morgan fingerprint density at radius 3 is 2.27 bits per heavy atom. The van der Waals surface area contributed by atoms with Crippen LogP contribution >= 0.6 is 0 Å². The number of fused-ring (bicyclic) bond motifs is 1. The lowest BCUT2D eigenvalue weighted by Crippen LogP contribution is -2.57. The molecule has 2 heterocycles. The molecule has 6 atom stereocenters. The molecule has 2 aliphatic rings. The number of esters is 1. The molecule has 0 aliphatic carbocycles. The van der Waals surface area contributed by atoms with Crippen molar-refractivity contribution in [3.63, 3.8) is 0 Å². The van der Waals surface area contributed by atoms with E-state index in [4.69, 9.17) is 28.4 Å². The van der Waals surface area contributed by atoms with Gasteiger partial charge in [-0.2, -0.15) is 0 Å². The van der Waals surface area contributed by atoms with Crippen molar-refractivity contribution < 1.29 is 33.2 Å². The van der Waals surface area contributed by atoms with Gasteiger partial charge in [-0.25, -0.2) is 4.79 Å². The number of carbonyl (C=O) groups excluding carboxylic acids is 1. The van der Waals surface area contributed by atoms with E-state index in [1.165, 1.54) is 7.11 Å². The molecule has 2 saturated heterocycles. The highest BCUT2D eigenvalue weighted by molar-refractivity contribution is 5.89. The van der Waals surface area contributed by atoms with Crippen molar-refractivity contribution in [1.29, 1.82) is 0 Å². The quantitative estimate of drug-likeness (QED) is 0.672. The number of hydrogen-bond acceptors (Lipinski definition) is 7. The maximum absolute atomic E-state index is 12.7. The van der Waals surface area contributed by atoms with E-state index >= 15 is 0 Å². The van der Waals surface area contributed by atoms with Crippen molar-refractivity contribution in [2.45, 2.75) is 50.5 Å². The Hall–Kier alpha value is -2.29. The minimum absolute atomic E-state index is 0.363. The van der Waals surface area contributed by atoms with Crippen molar-refractivity contribution in [3.05, 3.63) is 71.8 Å². The van der Waals surface area contributed by atoms with Gasteiger partial charge in [0.2, 0.25) is 0 Å². The fraction of sp³-hybridized carbons (Fsp3) is 0.435. The lowest BCUT2D eigenvalue weighted by atomic mass is 10.00. The summed E-state index contributed by atoms with van der Waals surface area (Å²) in [5, 5.41) is 0. The van der Waals surface area contributed by atoms with E-state index in [0.717, 1.165) is 5.56 Å². The number of methoxy groups -OCH3 is 1. The van der Waals surface area contributed by atoms with Crippen LogP contribution in [-0.2, 0) is 34.4 Å². The molecule has 2 aromatic carbocycles. The molecule has 7 heteroatoms. The molecular formula is C23H26O7. The van der Waals surface area contributed by atoms with Gasteiger partial charge in [-0.05, 0) is 26.0 Å². The topological polar surface area (TPSA) is 72.5 Å². The highest BCUT2D eigenvalue weighted by atomic mass is 16.9. The largest absolute Gasteiger partial charge is 0.450 e. The molecule has 0 radical (unpaired) electrons. The monoisotopic (exact) mass is 414 g/mol. The van der Waals surface area contributed by atoms with Crippen molar-refractivity contribution in [2.24, 2.45) is 0 Å². The van der Waals surface area contributed by atoms with Crippen molar-refractivity contribution in [2.75, 3.05) is 13.7 Å². The second-order valence-corrected chi connectivity index (χ2v) is 7.20. The highest BCUT2D eigenvalue weighted by Gasteiger charge is 2.60. The molecule has 2 aliphatic heterocycles. The third kappa shape index (κ3) is 3.87. The van der Waals surface area contributed by atoms with Crippen LogP contribution in [0.15, 0.2) is 60.7 Å². The van der Waals surface area contributed by atoms with Gasteiger partial charge in [-0.1, -0.05) is 48.5 Å². The molecule has 160 valence electrons. The van der Waals surface area contributed by atoms with Gasteiger partial charge in [0.1, 0.15) is 12.2 Å². The number of carbonyl (C=O) groups is 1. The Morgan fingerprint density at radius 2 is 1.63 bits per heavy atom. The molecule has 2 fully saturated rings. The Kier molecular flexibility index (Phi) is 6.17. The van der Waals surface area contributed by atoms with E-state index < -0.39 is 36.5 Å². The maximum atomic E-state index is 12.7. The van der Waals surface area contributed by atoms with E-state index in [9.17, 15) is 4.79 Å². The van der Waals surface area contributed by atoms with Crippen LogP contribution < -0.4 is 0 Å². The smallest absolute Gasteiger partial charge is 0.338 e. The minimum Gasteiger partial charge on any atom is -0.450 e. The van der Waals surface area contributed by atoms with Crippen LogP contribution in [0.2, 0.25) is 0 Å². The molecule has 0 aromatic heterocycles. The fourth-order valence-corrected chi connectivity index (χ4v) is 3.86. The molecule has 0 bridgehead atoms. The standard InChI is InChI=1S/C23H26O7/c1-4-26-23(17-13-9-6-10-14-17)29-18-15(2)27-22(25-3)20(19(18)30-23)28-21(24)16-11-7-5-8-12-16/h5-15,18-20,22H,4H2,1-3H3/t15-,18+,19?,20-,22+,23?/m0/s1. The van der Waals surface area contributed by atoms with Gasteiger partial charge >= 0.3 is 11.9 Å². The van der Waals surface area contributed by atoms with Crippen LogP contribution in [-0.4, -0.2) is 50.4 Å². The number of rotatable bonds is 6. The van der Waals surface area contributed by atoms with Crippen LogP contribution in [0.25, 0.3) is 0 Å². The summed E-state index contributed by atoms with van der Waals surface area (Å²) in [6.07, 6.45) is -3.16. The molecule has 4 rings (SSSR count). The molecule has 7 nitrogen and oxygen atoms in total. The highest BCUT2D eigenvalue weighted by Crippen LogP contribution is 2.45. The first-order chi connectivity index (χ1) is 14.6. The van der Waals surface area contributed by atoms with Gasteiger partial charge in [0.15, 0.2) is 12.4 Å². The van der Waals surface area contributed by atoms with Crippen molar-refractivity contribution >= 4 is 5.97 Å². The van der Waals surface area contributed by atoms with E-state index in [1.54, 1.807) is 24.3 Å². The molecule has 0 amide bonds. The normalized spacial score (nSPS) is 33.1. The van der Waals surface area contributed by atoms with Gasteiger partial charge in [0, 0.05) is 19.3 Å². The third-order valence-corrected chi connectivity index (χ3v) is 5.26. The summed E-state index contributed by atoms with van der Waals surface area (Å²) in [6, 6.07) is 18.2. The summed E-state index contributed by atoms with van der Waals surface area (Å²) < 4.78 is 35.8. The zero-order chi connectivity index (χ0) is 21.1. The number of hydrogen-bond donors (Lipinski definition) is 0. The minimum atomic E-state index is -1.41. The van der Waals surface area contributed by atoms with Crippen LogP contribution in [0.4, 0.5) is 0 Å². The second kappa shape index (κ2) is 8.83. The maximum Gasteiger partial charge on any atom is 0.338 e. The van der Waals surface area contributed by atoms with Crippen molar-refractivity contribution in [3.8, 4) is 0 Å². The van der Waals surface area contributed by atoms with Gasteiger partial charge < -0.3 is 28.4 Å². The second-order valence-electron chi connectivity index (χ2n) is 7.20. The van der Waals surface area contributed by atoms with Crippen LogP contribution in [0.5, 0.6) is 0 Å². The zero-order valence-corrected chi connectivity index (χ0v) is 17.2. The summed E-state index contributed by atoms with van der Waals surface area (Å²) >= 11 is 0. The molecule has 0 spiro atoms. The predicted molar refractivity (Wildman–Crippen MR) is 106 cm³/mol. The predicted octanol–water partition coefficient (Wildman–Crippen LogP) is 3.23. The van der Waals surface area contributed by atoms with Crippen molar-refractivity contribution in [1.82, 2.24) is 0 Å². The lowest BCUT2D eigenvalue weighted by molar-refractivity contribution is -0.355. The fourth-order valence-electron chi connectivity index (χ4n) is 3.86. The third-order valence-electron chi connectivity index (χ3n) is 5.26. The van der Waals surface area contributed by atoms with Gasteiger partial charge in [-0.15, -0.1) is 0 Å². The average Bonchev–Trinajstić information content (AvgIpc) is 3.18. The van der Waals surface area contributed by atoms with Crippen LogP contribution in [0.1, 0.15) is 29.8 Å². The molecular weight excluding hydrogens is 388 g/mol. The molecule has 2 aromatic rings. The molecule has 0 saturated carbocycles. The summed E-state index contributed by atoms with van der Waals surface area (Å²) in [5.41, 5.74) is 1.15. The zero-order valence-electron chi connectivity index (χ0n) is 17.2. The Morgan fingerprint density at radius 1 is 1.00 bits per heavy atom. The van der Waals surface area contributed by atoms with E-state index in [0.29, 0.717) is 12.2 Å². The average molecular weight is 414 g/mol. The Labute approximate surface area is 175 Å². The molecule has 0 N–H and O–H groups in total. The summed E-state index contributed by atoms with van der Waals surface area (Å²) in [7, 11) is 1.50. The van der Waals surface area contributed by atoms with E-state index in [2.05, 4.69) is 0 Å². The van der Waals surface area contributed by atoms with E-state index in [1.807, 2.05) is 50.2 Å². The summed E-state index contributed by atoms with van der Waals surface area (Å²) in [6.45, 7) is 4.10. The SMILES string of the molecule is CCOC1(c2ccccc2)OC2[C@H](OC(=O)c3ccccc3)[C@H](OC)O[C@@H](C)[C@H]2O1. The first-order valence-corrected chi connectivity index (χ1v) is 10.1. The molecule has 2 unspecified atom stereocenters. The van der Waals surface area contributed by atoms with Gasteiger partial charge in [0.25, 0.3) is 0 Å². The van der Waals surface area contributed by atoms with Gasteiger partial charge in [-0.3, -0.25) is 0 Å². The van der Waals surface area contributed by atoms with Crippen LogP contribution in [0.3, 0.4) is 0 Å². The Bertz CT molecular complexity index is 843. The number of ether oxygens (including phenoxy) is 6. The summed E-state index contributed by atoms with van der Waals surface area (Å²) in [5.74, 6) is -1.90. The molecule has 30 heavy (non-hydrogen) atoms. The van der Waals surface area contributed by atoms with Crippen LogP contribution in [0, 0.1) is 0 Å². The lowest BCUT2D eigenvalue weighted by Gasteiger charge is -2.39. The van der Waals surface area contributed by atoms with E-state index in [-0.39, 0.29) is 6.10 Å². The first-order valence-electron chi connectivity index (χ1n) is 10.1. The van der Waals surface area contributed by atoms with Gasteiger partial charge in [0.05, 0.1) is 11.7 Å².